The predicted molar refractivity (Wildman–Crippen MR) is 97.3 cm³/mol. The van der Waals surface area contributed by atoms with Gasteiger partial charge in [-0.05, 0) is 32.9 Å². The second kappa shape index (κ2) is 6.87. The Bertz CT molecular complexity index is 1090. The van der Waals surface area contributed by atoms with Crippen LogP contribution < -0.4 is 5.73 Å². The van der Waals surface area contributed by atoms with E-state index in [1.165, 1.54) is 17.8 Å². The summed E-state index contributed by atoms with van der Waals surface area (Å²) in [5.41, 5.74) is 5.18. The molecule has 1 amide bonds. The molecule has 1 atom stereocenters. The third kappa shape index (κ3) is 3.69. The highest BCUT2D eigenvalue weighted by molar-refractivity contribution is 6.34. The molecule has 0 fully saturated rings. The van der Waals surface area contributed by atoms with Crippen molar-refractivity contribution in [3.05, 3.63) is 57.8 Å². The number of nitrogens with two attached hydrogens (primary N) is 1. The Hall–Kier alpha value is -3.15. The van der Waals surface area contributed by atoms with Crippen molar-refractivity contribution < 1.29 is 14.4 Å². The van der Waals surface area contributed by atoms with Crippen LogP contribution in [0.4, 0.5) is 0 Å². The second-order valence-corrected chi connectivity index (χ2v) is 6.45. The molecule has 0 aromatic carbocycles. The summed E-state index contributed by atoms with van der Waals surface area (Å²) in [7, 11) is 0. The number of carbonyl (C=O) groups is 1. The van der Waals surface area contributed by atoms with Gasteiger partial charge in [-0.25, -0.2) is 9.67 Å². The molecule has 3 aromatic heterocycles. The highest BCUT2D eigenvalue weighted by Crippen LogP contribution is 2.23. The Balaban J connectivity index is 1.96. The van der Waals surface area contributed by atoms with Gasteiger partial charge in [-0.15, -0.1) is 0 Å². The largest absolute Gasteiger partial charge is 0.372 e. The van der Waals surface area contributed by atoms with Gasteiger partial charge < -0.3 is 15.4 Å². The van der Waals surface area contributed by atoms with Gasteiger partial charge in [0.2, 0.25) is 0 Å². The molecular weight excluding hydrogens is 370 g/mol. The van der Waals surface area contributed by atoms with Crippen LogP contribution >= 0.6 is 11.6 Å². The van der Waals surface area contributed by atoms with Crippen molar-refractivity contribution in [1.82, 2.24) is 19.9 Å². The van der Waals surface area contributed by atoms with E-state index in [-0.39, 0.29) is 10.7 Å². The van der Waals surface area contributed by atoms with Gasteiger partial charge in [-0.3, -0.25) is 4.79 Å². The van der Waals surface area contributed by atoms with E-state index in [0.717, 1.165) is 0 Å². The fraction of sp³-hybridized carbons (Fsp3) is 0.222. The number of rotatable bonds is 3. The maximum Gasteiger partial charge on any atom is 0.270 e. The molecule has 1 unspecified atom stereocenters. The second-order valence-electron chi connectivity index (χ2n) is 6.07. The number of aromatic nitrogens is 4. The molecule has 3 heterocycles. The lowest BCUT2D eigenvalue weighted by atomic mass is 10.0. The first-order chi connectivity index (χ1) is 12.7. The van der Waals surface area contributed by atoms with E-state index < -0.39 is 11.5 Å². The van der Waals surface area contributed by atoms with Crippen LogP contribution in [0.25, 0.3) is 5.82 Å². The molecule has 0 bridgehead atoms. The lowest BCUT2D eigenvalue weighted by Gasteiger charge is -2.11. The van der Waals surface area contributed by atoms with Gasteiger partial charge in [-0.2, -0.15) is 5.10 Å². The van der Waals surface area contributed by atoms with Crippen molar-refractivity contribution in [2.75, 3.05) is 0 Å². The molecule has 0 aliphatic rings. The zero-order chi connectivity index (χ0) is 19.8. The smallest absolute Gasteiger partial charge is 0.270 e. The quantitative estimate of drug-likeness (QED) is 0.664. The van der Waals surface area contributed by atoms with E-state index in [1.54, 1.807) is 32.0 Å². The van der Waals surface area contributed by atoms with Crippen molar-refractivity contribution >= 4 is 17.5 Å². The molecule has 3 N–H and O–H groups in total. The standard InChI is InChI=1S/C18H16ClN5O3/c1-10-8-13(23-27-10)18(3,26)6-4-12-5-7-21-14(9-12)24-11(2)15(19)16(22-24)17(20)25/h5,7-9,26H,1-3H3,(H2,20,25). The maximum atomic E-state index is 11.4. The summed E-state index contributed by atoms with van der Waals surface area (Å²) in [6.45, 7) is 4.95. The lowest BCUT2D eigenvalue weighted by molar-refractivity contribution is 0.0995. The fourth-order valence-electron chi connectivity index (χ4n) is 2.33. The summed E-state index contributed by atoms with van der Waals surface area (Å²) in [5.74, 6) is 5.90. The molecule has 0 spiro atoms. The molecule has 8 nitrogen and oxygen atoms in total. The van der Waals surface area contributed by atoms with Crippen LogP contribution in [0.1, 0.15) is 40.1 Å². The highest BCUT2D eigenvalue weighted by Gasteiger charge is 2.24. The predicted octanol–water partition coefficient (Wildman–Crippen LogP) is 1.88. The third-order valence-electron chi connectivity index (χ3n) is 3.82. The van der Waals surface area contributed by atoms with Crippen LogP contribution in [-0.4, -0.2) is 30.9 Å². The van der Waals surface area contributed by atoms with Gasteiger partial charge in [0.25, 0.3) is 5.91 Å². The molecule has 3 aromatic rings. The minimum Gasteiger partial charge on any atom is -0.372 e. The van der Waals surface area contributed by atoms with E-state index in [4.69, 9.17) is 21.9 Å². The Morgan fingerprint density at radius 2 is 2.15 bits per heavy atom. The molecular formula is C18H16ClN5O3. The van der Waals surface area contributed by atoms with E-state index in [9.17, 15) is 9.90 Å². The van der Waals surface area contributed by atoms with Crippen LogP contribution in [0.15, 0.2) is 28.9 Å². The maximum absolute atomic E-state index is 11.4. The Labute approximate surface area is 159 Å². The van der Waals surface area contributed by atoms with E-state index >= 15 is 0 Å². The van der Waals surface area contributed by atoms with Gasteiger partial charge in [-0.1, -0.05) is 28.6 Å². The molecule has 0 saturated carbocycles. The number of hydrogen-bond donors (Lipinski definition) is 2. The first kappa shape index (κ1) is 18.6. The molecule has 0 saturated heterocycles. The number of primary amides is 1. The molecule has 27 heavy (non-hydrogen) atoms. The fourth-order valence-corrected chi connectivity index (χ4v) is 2.54. The summed E-state index contributed by atoms with van der Waals surface area (Å²) in [6, 6.07) is 4.95. The van der Waals surface area contributed by atoms with E-state index in [2.05, 4.69) is 27.1 Å². The van der Waals surface area contributed by atoms with Crippen LogP contribution in [0.3, 0.4) is 0 Å². The third-order valence-corrected chi connectivity index (χ3v) is 4.27. The van der Waals surface area contributed by atoms with Gasteiger partial charge in [0.1, 0.15) is 11.5 Å². The highest BCUT2D eigenvalue weighted by atomic mass is 35.5. The zero-order valence-electron chi connectivity index (χ0n) is 14.8. The summed E-state index contributed by atoms with van der Waals surface area (Å²) in [6.07, 6.45) is 1.53. The Morgan fingerprint density at radius 1 is 1.41 bits per heavy atom. The molecule has 0 aliphatic heterocycles. The molecule has 9 heteroatoms. The number of pyridine rings is 1. The number of halogens is 1. The minimum atomic E-state index is -1.48. The van der Waals surface area contributed by atoms with Crippen molar-refractivity contribution in [2.45, 2.75) is 26.4 Å². The summed E-state index contributed by atoms with van der Waals surface area (Å²) >= 11 is 6.10. The first-order valence-corrected chi connectivity index (χ1v) is 8.27. The Kier molecular flexibility index (Phi) is 4.74. The molecule has 0 aliphatic carbocycles. The van der Waals surface area contributed by atoms with Crippen molar-refractivity contribution in [3.63, 3.8) is 0 Å². The SMILES string of the molecule is Cc1cc(C(C)(O)C#Cc2ccnc(-n3nc(C(N)=O)c(Cl)c3C)c2)no1. The van der Waals surface area contributed by atoms with Crippen LogP contribution in [0, 0.1) is 25.7 Å². The van der Waals surface area contributed by atoms with Crippen LogP contribution in [0.5, 0.6) is 0 Å². The van der Waals surface area contributed by atoms with Gasteiger partial charge in [0.05, 0.1) is 10.7 Å². The van der Waals surface area contributed by atoms with Crippen molar-refractivity contribution in [3.8, 4) is 17.7 Å². The molecule has 0 radical (unpaired) electrons. The summed E-state index contributed by atoms with van der Waals surface area (Å²) in [5, 5.41) is 18.6. The number of carbonyl (C=O) groups excluding carboxylic acids is 1. The van der Waals surface area contributed by atoms with Crippen LogP contribution in [0.2, 0.25) is 5.02 Å². The number of hydrogen-bond acceptors (Lipinski definition) is 6. The average Bonchev–Trinajstić information content (AvgIpc) is 3.19. The topological polar surface area (TPSA) is 120 Å². The molecule has 3 rings (SSSR count). The van der Waals surface area contributed by atoms with Crippen molar-refractivity contribution in [2.24, 2.45) is 5.73 Å². The summed E-state index contributed by atoms with van der Waals surface area (Å²) in [4.78, 5) is 15.6. The normalized spacial score (nSPS) is 12.9. The van der Waals surface area contributed by atoms with Gasteiger partial charge in [0.15, 0.2) is 17.1 Å². The average molecular weight is 386 g/mol. The minimum absolute atomic E-state index is 0.0308. The monoisotopic (exact) mass is 385 g/mol. The van der Waals surface area contributed by atoms with Crippen LogP contribution in [-0.2, 0) is 5.60 Å². The van der Waals surface area contributed by atoms with Gasteiger partial charge in [0, 0.05) is 17.8 Å². The van der Waals surface area contributed by atoms with Gasteiger partial charge >= 0.3 is 0 Å². The zero-order valence-corrected chi connectivity index (χ0v) is 15.6. The Morgan fingerprint density at radius 3 is 2.74 bits per heavy atom. The number of aryl methyl sites for hydroxylation is 1. The summed E-state index contributed by atoms with van der Waals surface area (Å²) < 4.78 is 6.39. The number of nitrogens with zero attached hydrogens (tertiary/aromatic N) is 4. The van der Waals surface area contributed by atoms with E-state index in [1.807, 2.05) is 0 Å². The first-order valence-electron chi connectivity index (χ1n) is 7.90. The number of aliphatic hydroxyl groups is 1. The van der Waals surface area contributed by atoms with Crippen molar-refractivity contribution in [1.29, 1.82) is 0 Å². The van der Waals surface area contributed by atoms with E-state index in [0.29, 0.717) is 28.5 Å². The molecule has 138 valence electrons. The lowest BCUT2D eigenvalue weighted by Crippen LogP contribution is -2.18. The number of amides is 1.